The SMILES string of the molecule is CCC(C)C(NC(=O)C(NC(=O)C(C)NC(=O)C(N)Cc1cnc[nH]1)C(C)O)C(=O)O. The number of imidazole rings is 1. The monoisotopic (exact) mass is 440 g/mol. The number of nitrogens with two attached hydrogens (primary N) is 1. The maximum atomic E-state index is 12.5. The summed E-state index contributed by atoms with van der Waals surface area (Å²) in [6.45, 7) is 6.13. The zero-order valence-electron chi connectivity index (χ0n) is 18.1. The van der Waals surface area contributed by atoms with E-state index in [9.17, 15) is 29.4 Å². The van der Waals surface area contributed by atoms with E-state index >= 15 is 0 Å². The fraction of sp³-hybridized carbons (Fsp3) is 0.632. The minimum atomic E-state index is -1.41. The first-order valence-corrected chi connectivity index (χ1v) is 10.0. The third-order valence-electron chi connectivity index (χ3n) is 4.92. The van der Waals surface area contributed by atoms with Gasteiger partial charge < -0.3 is 36.9 Å². The second-order valence-corrected chi connectivity index (χ2v) is 7.55. The highest BCUT2D eigenvalue weighted by atomic mass is 16.4. The third kappa shape index (κ3) is 7.98. The van der Waals surface area contributed by atoms with Crippen LogP contribution in [0.3, 0.4) is 0 Å². The van der Waals surface area contributed by atoms with Crippen LogP contribution >= 0.6 is 0 Å². The summed E-state index contributed by atoms with van der Waals surface area (Å²) in [7, 11) is 0. The van der Waals surface area contributed by atoms with Crippen molar-refractivity contribution < 1.29 is 29.4 Å². The Bertz CT molecular complexity index is 753. The molecular weight excluding hydrogens is 408 g/mol. The highest BCUT2D eigenvalue weighted by molar-refractivity contribution is 5.94. The maximum absolute atomic E-state index is 12.5. The van der Waals surface area contributed by atoms with Crippen molar-refractivity contribution in [1.29, 1.82) is 0 Å². The van der Waals surface area contributed by atoms with E-state index in [-0.39, 0.29) is 12.3 Å². The number of aromatic nitrogens is 2. The molecule has 0 saturated heterocycles. The number of carboxylic acids is 1. The average molecular weight is 441 g/mol. The van der Waals surface area contributed by atoms with Gasteiger partial charge in [0.2, 0.25) is 17.7 Å². The van der Waals surface area contributed by atoms with E-state index in [0.717, 1.165) is 0 Å². The van der Waals surface area contributed by atoms with Gasteiger partial charge in [0.15, 0.2) is 0 Å². The lowest BCUT2D eigenvalue weighted by molar-refractivity contribution is -0.144. The standard InChI is InChI=1S/C19H32N6O6/c1-5-9(2)14(19(30)31)24-18(29)15(11(4)26)25-16(27)10(3)23-17(28)13(20)6-12-7-21-8-22-12/h7-11,13-15,26H,5-6,20H2,1-4H3,(H,21,22)(H,23,28)(H,24,29)(H,25,27)(H,30,31). The minimum Gasteiger partial charge on any atom is -0.480 e. The van der Waals surface area contributed by atoms with E-state index in [2.05, 4.69) is 25.9 Å². The molecule has 0 aliphatic heterocycles. The van der Waals surface area contributed by atoms with Crippen molar-refractivity contribution >= 4 is 23.7 Å². The van der Waals surface area contributed by atoms with Crippen LogP contribution in [0.4, 0.5) is 0 Å². The van der Waals surface area contributed by atoms with Gasteiger partial charge in [-0.05, 0) is 19.8 Å². The van der Waals surface area contributed by atoms with E-state index in [0.29, 0.717) is 12.1 Å². The summed E-state index contributed by atoms with van der Waals surface area (Å²) in [5, 5.41) is 26.4. The molecule has 1 rings (SSSR count). The summed E-state index contributed by atoms with van der Waals surface area (Å²) in [4.78, 5) is 55.3. The minimum absolute atomic E-state index is 0.186. The number of nitrogens with one attached hydrogen (secondary N) is 4. The molecule has 0 aliphatic carbocycles. The predicted octanol–water partition coefficient (Wildman–Crippen LogP) is -1.73. The van der Waals surface area contributed by atoms with E-state index in [4.69, 9.17) is 5.73 Å². The average Bonchev–Trinajstić information content (AvgIpc) is 3.21. The molecule has 6 unspecified atom stereocenters. The topological polar surface area (TPSA) is 200 Å². The summed E-state index contributed by atoms with van der Waals surface area (Å²) in [6, 6.07) is -4.57. The van der Waals surface area contributed by atoms with Crippen molar-refractivity contribution in [2.24, 2.45) is 11.7 Å². The lowest BCUT2D eigenvalue weighted by Gasteiger charge is -2.27. The van der Waals surface area contributed by atoms with Crippen LogP contribution in [-0.2, 0) is 25.6 Å². The highest BCUT2D eigenvalue weighted by Crippen LogP contribution is 2.09. The zero-order valence-corrected chi connectivity index (χ0v) is 18.1. The molecule has 0 saturated carbocycles. The van der Waals surface area contributed by atoms with Gasteiger partial charge in [0.25, 0.3) is 0 Å². The molecular formula is C19H32N6O6. The number of hydrogen-bond acceptors (Lipinski definition) is 7. The van der Waals surface area contributed by atoms with Gasteiger partial charge in [-0.15, -0.1) is 0 Å². The van der Waals surface area contributed by atoms with E-state index in [1.165, 1.54) is 26.4 Å². The molecule has 8 N–H and O–H groups in total. The Morgan fingerprint density at radius 3 is 2.16 bits per heavy atom. The molecule has 0 aliphatic rings. The molecule has 0 spiro atoms. The number of nitrogens with zero attached hydrogens (tertiary/aromatic N) is 1. The molecule has 3 amide bonds. The summed E-state index contributed by atoms with van der Waals surface area (Å²) < 4.78 is 0. The molecule has 0 fully saturated rings. The Morgan fingerprint density at radius 2 is 1.68 bits per heavy atom. The second kappa shape index (κ2) is 12.0. The summed E-state index contributed by atoms with van der Waals surface area (Å²) >= 11 is 0. The first-order valence-electron chi connectivity index (χ1n) is 10.0. The number of carbonyl (C=O) groups excluding carboxylic acids is 3. The number of carboxylic acid groups (broad SMARTS) is 1. The second-order valence-electron chi connectivity index (χ2n) is 7.55. The van der Waals surface area contributed by atoms with E-state index in [1.807, 2.05) is 0 Å². The van der Waals surface area contributed by atoms with Crippen molar-refractivity contribution in [3.05, 3.63) is 18.2 Å². The molecule has 0 radical (unpaired) electrons. The molecule has 31 heavy (non-hydrogen) atoms. The van der Waals surface area contributed by atoms with E-state index < -0.39 is 54.0 Å². The number of amides is 3. The van der Waals surface area contributed by atoms with Crippen molar-refractivity contribution in [3.8, 4) is 0 Å². The fourth-order valence-corrected chi connectivity index (χ4v) is 2.72. The van der Waals surface area contributed by atoms with Crippen LogP contribution < -0.4 is 21.7 Å². The molecule has 174 valence electrons. The quantitative estimate of drug-likeness (QED) is 0.199. The molecule has 1 aromatic rings. The van der Waals surface area contributed by atoms with Crippen LogP contribution in [-0.4, -0.2) is 74.1 Å². The normalized spacial score (nSPS) is 16.8. The van der Waals surface area contributed by atoms with Crippen LogP contribution in [0.2, 0.25) is 0 Å². The van der Waals surface area contributed by atoms with Gasteiger partial charge in [-0.3, -0.25) is 14.4 Å². The predicted molar refractivity (Wildman–Crippen MR) is 111 cm³/mol. The van der Waals surface area contributed by atoms with Crippen molar-refractivity contribution in [2.45, 2.75) is 70.8 Å². The Labute approximate surface area is 180 Å². The van der Waals surface area contributed by atoms with Gasteiger partial charge in [0.1, 0.15) is 18.1 Å². The Morgan fingerprint density at radius 1 is 1.06 bits per heavy atom. The number of aromatic amines is 1. The van der Waals surface area contributed by atoms with Gasteiger partial charge >= 0.3 is 5.97 Å². The maximum Gasteiger partial charge on any atom is 0.326 e. The number of hydrogen-bond donors (Lipinski definition) is 7. The number of aliphatic carboxylic acids is 1. The summed E-state index contributed by atoms with van der Waals surface area (Å²) in [5.74, 6) is -3.74. The Balaban J connectivity index is 2.71. The number of carbonyl (C=O) groups is 4. The van der Waals surface area contributed by atoms with Gasteiger partial charge in [-0.1, -0.05) is 20.3 Å². The number of rotatable bonds is 12. The molecule has 12 heteroatoms. The Kier molecular flexibility index (Phi) is 10.1. The van der Waals surface area contributed by atoms with Crippen LogP contribution in [0.25, 0.3) is 0 Å². The first-order chi connectivity index (χ1) is 14.5. The van der Waals surface area contributed by atoms with Crippen molar-refractivity contribution in [1.82, 2.24) is 25.9 Å². The van der Waals surface area contributed by atoms with Gasteiger partial charge in [-0.2, -0.15) is 0 Å². The van der Waals surface area contributed by atoms with Gasteiger partial charge in [-0.25, -0.2) is 9.78 Å². The zero-order chi connectivity index (χ0) is 23.7. The summed E-state index contributed by atoms with van der Waals surface area (Å²) in [6.07, 6.45) is 2.36. The summed E-state index contributed by atoms with van der Waals surface area (Å²) in [5.41, 5.74) is 6.48. The number of aliphatic hydroxyl groups is 1. The van der Waals surface area contributed by atoms with E-state index in [1.54, 1.807) is 13.8 Å². The molecule has 1 aromatic heterocycles. The Hall–Kier alpha value is -2.99. The number of aliphatic hydroxyl groups excluding tert-OH is 1. The lowest BCUT2D eigenvalue weighted by atomic mass is 9.98. The molecule has 0 aromatic carbocycles. The molecule has 6 atom stereocenters. The fourth-order valence-electron chi connectivity index (χ4n) is 2.72. The van der Waals surface area contributed by atoms with Crippen LogP contribution in [0.5, 0.6) is 0 Å². The molecule has 12 nitrogen and oxygen atoms in total. The van der Waals surface area contributed by atoms with Gasteiger partial charge in [0, 0.05) is 18.3 Å². The van der Waals surface area contributed by atoms with Crippen LogP contribution in [0.15, 0.2) is 12.5 Å². The number of H-pyrrole nitrogens is 1. The van der Waals surface area contributed by atoms with Gasteiger partial charge in [0.05, 0.1) is 18.5 Å². The lowest BCUT2D eigenvalue weighted by Crippen LogP contribution is -2.60. The highest BCUT2D eigenvalue weighted by Gasteiger charge is 2.33. The largest absolute Gasteiger partial charge is 0.480 e. The van der Waals surface area contributed by atoms with Crippen molar-refractivity contribution in [2.75, 3.05) is 0 Å². The van der Waals surface area contributed by atoms with Crippen LogP contribution in [0.1, 0.15) is 39.8 Å². The molecule has 0 bridgehead atoms. The first kappa shape index (κ1) is 26.0. The molecule has 1 heterocycles. The third-order valence-corrected chi connectivity index (χ3v) is 4.92. The van der Waals surface area contributed by atoms with Crippen LogP contribution in [0, 0.1) is 5.92 Å². The van der Waals surface area contributed by atoms with Crippen molar-refractivity contribution in [3.63, 3.8) is 0 Å². The smallest absolute Gasteiger partial charge is 0.326 e.